The van der Waals surface area contributed by atoms with E-state index in [1.165, 1.54) is 5.57 Å². The SMILES string of the molecule is C=CCCC(=C)C.CCCc1cccc(CON(C)C)n1.CCc1cccc(CC(=O)F)c1. The van der Waals surface area contributed by atoms with E-state index in [2.05, 4.69) is 31.1 Å². The number of carbonyl (C=O) groups is 1. The summed E-state index contributed by atoms with van der Waals surface area (Å²) in [5.74, 6) is 0. The highest BCUT2D eigenvalue weighted by Gasteiger charge is 2.01. The van der Waals surface area contributed by atoms with E-state index in [1.54, 1.807) is 11.1 Å². The molecular formula is C28H41FN2O2. The van der Waals surface area contributed by atoms with Gasteiger partial charge in [0.2, 0.25) is 0 Å². The fraction of sp³-hybridized carbons (Fsp3) is 0.429. The van der Waals surface area contributed by atoms with Crippen molar-refractivity contribution in [2.24, 2.45) is 0 Å². The van der Waals surface area contributed by atoms with Crippen molar-refractivity contribution in [1.29, 1.82) is 0 Å². The van der Waals surface area contributed by atoms with Gasteiger partial charge in [0.1, 0.15) is 6.61 Å². The molecule has 0 unspecified atom stereocenters. The highest BCUT2D eigenvalue weighted by molar-refractivity contribution is 5.71. The summed E-state index contributed by atoms with van der Waals surface area (Å²) in [5, 5.41) is 1.69. The molecule has 0 spiro atoms. The Kier molecular flexibility index (Phi) is 17.4. The maximum atomic E-state index is 12.0. The minimum absolute atomic E-state index is 0.103. The van der Waals surface area contributed by atoms with Gasteiger partial charge in [-0.1, -0.05) is 62.2 Å². The van der Waals surface area contributed by atoms with Crippen molar-refractivity contribution in [2.75, 3.05) is 14.1 Å². The van der Waals surface area contributed by atoms with Crippen molar-refractivity contribution in [1.82, 2.24) is 10.0 Å². The second kappa shape index (κ2) is 18.9. The molecule has 1 aromatic heterocycles. The number of aryl methyl sites for hydroxylation is 2. The molecule has 0 aliphatic rings. The van der Waals surface area contributed by atoms with E-state index in [0.717, 1.165) is 54.6 Å². The van der Waals surface area contributed by atoms with Crippen molar-refractivity contribution in [2.45, 2.75) is 65.9 Å². The van der Waals surface area contributed by atoms with Crippen LogP contribution < -0.4 is 0 Å². The van der Waals surface area contributed by atoms with Gasteiger partial charge in [-0.15, -0.1) is 13.2 Å². The van der Waals surface area contributed by atoms with Crippen molar-refractivity contribution >= 4 is 6.04 Å². The lowest BCUT2D eigenvalue weighted by molar-refractivity contribution is -0.131. The van der Waals surface area contributed by atoms with Crippen molar-refractivity contribution < 1.29 is 14.0 Å². The van der Waals surface area contributed by atoms with Gasteiger partial charge < -0.3 is 0 Å². The number of allylic oxidation sites excluding steroid dienone is 2. The number of carbonyl (C=O) groups excluding carboxylic acids is 1. The molecule has 0 bridgehead atoms. The Hall–Kier alpha value is -2.63. The standard InChI is InChI=1S/C11H18N2O.C10H11FO.C7H12/c1-4-6-10-7-5-8-11(12-10)9-14-13(2)3;1-2-8-4-3-5-9(6-8)7-10(11)12;1-4-5-6-7(2)3/h5,7-8H,4,6,9H2,1-3H3;3-6H,2,7H2,1H3;4H,1-2,5-6H2,3H3. The first-order valence-electron chi connectivity index (χ1n) is 11.5. The average molecular weight is 457 g/mol. The number of hydroxylamine groups is 2. The molecule has 0 saturated heterocycles. The highest BCUT2D eigenvalue weighted by Crippen LogP contribution is 2.07. The van der Waals surface area contributed by atoms with Crippen LogP contribution >= 0.6 is 0 Å². The number of halogens is 1. The van der Waals surface area contributed by atoms with Crippen LogP contribution in [-0.4, -0.2) is 30.2 Å². The summed E-state index contributed by atoms with van der Waals surface area (Å²) in [6.07, 6.45) is 7.04. The van der Waals surface area contributed by atoms with E-state index >= 15 is 0 Å². The van der Waals surface area contributed by atoms with Gasteiger partial charge in [0, 0.05) is 19.8 Å². The highest BCUT2D eigenvalue weighted by atomic mass is 19.1. The third kappa shape index (κ3) is 17.6. The minimum Gasteiger partial charge on any atom is -0.293 e. The molecule has 0 amide bonds. The van der Waals surface area contributed by atoms with Crippen LogP contribution in [0.15, 0.2) is 67.3 Å². The first kappa shape index (κ1) is 30.4. The maximum absolute atomic E-state index is 12.0. The zero-order valence-corrected chi connectivity index (χ0v) is 21.1. The first-order valence-corrected chi connectivity index (χ1v) is 11.5. The summed E-state index contributed by atoms with van der Waals surface area (Å²) >= 11 is 0. The molecular weight excluding hydrogens is 415 g/mol. The minimum atomic E-state index is -1.27. The van der Waals surface area contributed by atoms with E-state index < -0.39 is 6.04 Å². The topological polar surface area (TPSA) is 42.4 Å². The quantitative estimate of drug-likeness (QED) is 0.211. The van der Waals surface area contributed by atoms with Crippen molar-refractivity contribution in [3.05, 3.63) is 89.8 Å². The Bertz CT molecular complexity index is 834. The third-order valence-corrected chi connectivity index (χ3v) is 4.36. The molecule has 0 N–H and O–H groups in total. The number of rotatable bonds is 11. The fourth-order valence-corrected chi connectivity index (χ4v) is 2.67. The molecule has 5 heteroatoms. The number of nitrogens with zero attached hydrogens (tertiary/aromatic N) is 2. The molecule has 0 aliphatic heterocycles. The molecule has 33 heavy (non-hydrogen) atoms. The van der Waals surface area contributed by atoms with Gasteiger partial charge in [0.05, 0.1) is 12.1 Å². The van der Waals surface area contributed by atoms with Crippen LogP contribution in [0.2, 0.25) is 0 Å². The zero-order chi connectivity index (χ0) is 25.1. The Balaban J connectivity index is 0.000000492. The van der Waals surface area contributed by atoms with Crippen molar-refractivity contribution in [3.63, 3.8) is 0 Å². The van der Waals surface area contributed by atoms with Gasteiger partial charge in [0.25, 0.3) is 0 Å². The van der Waals surface area contributed by atoms with E-state index in [-0.39, 0.29) is 6.42 Å². The Labute approximate surface area is 200 Å². The smallest absolute Gasteiger partial charge is 0.293 e. The summed E-state index contributed by atoms with van der Waals surface area (Å²) in [5.41, 5.74) is 5.26. The summed E-state index contributed by atoms with van der Waals surface area (Å²) < 4.78 is 12.0. The third-order valence-electron chi connectivity index (χ3n) is 4.36. The van der Waals surface area contributed by atoms with Crippen molar-refractivity contribution in [3.8, 4) is 0 Å². The number of aromatic nitrogens is 1. The van der Waals surface area contributed by atoms with Gasteiger partial charge in [-0.25, -0.2) is 0 Å². The molecule has 2 rings (SSSR count). The van der Waals surface area contributed by atoms with E-state index in [0.29, 0.717) is 6.61 Å². The van der Waals surface area contributed by atoms with Gasteiger partial charge in [-0.05, 0) is 55.9 Å². The van der Waals surface area contributed by atoms with Crippen LogP contribution in [0, 0.1) is 0 Å². The number of hydrogen-bond acceptors (Lipinski definition) is 4. The van der Waals surface area contributed by atoms with Gasteiger partial charge in [-0.3, -0.25) is 14.6 Å². The summed E-state index contributed by atoms with van der Waals surface area (Å²) in [6.45, 7) is 14.1. The molecule has 182 valence electrons. The van der Waals surface area contributed by atoms with Crippen LogP contribution in [0.25, 0.3) is 0 Å². The predicted molar refractivity (Wildman–Crippen MR) is 137 cm³/mol. The van der Waals surface area contributed by atoms with Crippen LogP contribution in [0.1, 0.15) is 62.5 Å². The molecule has 0 aliphatic carbocycles. The molecule has 2 aromatic rings. The molecule has 0 atom stereocenters. The summed E-state index contributed by atoms with van der Waals surface area (Å²) in [7, 11) is 3.74. The lowest BCUT2D eigenvalue weighted by Gasteiger charge is -2.10. The molecule has 0 fully saturated rings. The van der Waals surface area contributed by atoms with Gasteiger partial charge in [-0.2, -0.15) is 9.45 Å². The zero-order valence-electron chi connectivity index (χ0n) is 21.1. The first-order chi connectivity index (χ1) is 15.7. The Morgan fingerprint density at radius 3 is 2.27 bits per heavy atom. The van der Waals surface area contributed by atoms with Crippen LogP contribution in [0.3, 0.4) is 0 Å². The van der Waals surface area contributed by atoms with Gasteiger partial charge >= 0.3 is 6.04 Å². The van der Waals surface area contributed by atoms with E-state index in [1.807, 2.05) is 64.4 Å². The Morgan fingerprint density at radius 2 is 1.76 bits per heavy atom. The predicted octanol–water partition coefficient (Wildman–Crippen LogP) is 6.84. The van der Waals surface area contributed by atoms with E-state index in [4.69, 9.17) is 4.84 Å². The summed E-state index contributed by atoms with van der Waals surface area (Å²) in [4.78, 5) is 20.0. The van der Waals surface area contributed by atoms with Crippen LogP contribution in [0.4, 0.5) is 4.39 Å². The second-order valence-electron chi connectivity index (χ2n) is 7.95. The molecule has 1 aromatic carbocycles. The second-order valence-corrected chi connectivity index (χ2v) is 7.95. The Morgan fingerprint density at radius 1 is 1.12 bits per heavy atom. The summed E-state index contributed by atoms with van der Waals surface area (Å²) in [6, 6.07) is 12.2. The maximum Gasteiger partial charge on any atom is 0.305 e. The number of pyridine rings is 1. The molecule has 0 saturated carbocycles. The monoisotopic (exact) mass is 456 g/mol. The average Bonchev–Trinajstić information content (AvgIpc) is 2.77. The lowest BCUT2D eigenvalue weighted by Crippen LogP contribution is -2.12. The van der Waals surface area contributed by atoms with Gasteiger partial charge in [0.15, 0.2) is 0 Å². The van der Waals surface area contributed by atoms with Crippen LogP contribution in [0.5, 0.6) is 0 Å². The molecule has 0 radical (unpaired) electrons. The normalized spacial score (nSPS) is 9.91. The number of benzene rings is 1. The lowest BCUT2D eigenvalue weighted by atomic mass is 10.1. The molecule has 1 heterocycles. The molecule has 4 nitrogen and oxygen atoms in total. The largest absolute Gasteiger partial charge is 0.305 e. The fourth-order valence-electron chi connectivity index (χ4n) is 2.67. The van der Waals surface area contributed by atoms with Crippen LogP contribution in [-0.2, 0) is 35.5 Å². The van der Waals surface area contributed by atoms with E-state index in [9.17, 15) is 9.18 Å². The number of hydrogen-bond donors (Lipinski definition) is 0.